The lowest BCUT2D eigenvalue weighted by molar-refractivity contribution is 1.42. The summed E-state index contributed by atoms with van der Waals surface area (Å²) in [4.78, 5) is 1.32. The topological polar surface area (TPSA) is 0 Å². The summed E-state index contributed by atoms with van der Waals surface area (Å²) in [7, 11) is 0. The Labute approximate surface area is 118 Å². The predicted molar refractivity (Wildman–Crippen MR) is 84.5 cm³/mol. The molecule has 0 aliphatic carbocycles. The Kier molecular flexibility index (Phi) is 3.85. The first kappa shape index (κ1) is 12.3. The quantitative estimate of drug-likeness (QED) is 0.584. The van der Waals surface area contributed by atoms with Gasteiger partial charge in [-0.3, -0.25) is 0 Å². The molecule has 0 fully saturated rings. The van der Waals surface area contributed by atoms with Crippen LogP contribution in [0.25, 0.3) is 10.8 Å². The van der Waals surface area contributed by atoms with Crippen molar-refractivity contribution in [2.45, 2.75) is 4.90 Å². The minimum Gasteiger partial charge on any atom is -0.126 e. The summed E-state index contributed by atoms with van der Waals surface area (Å²) in [5.41, 5.74) is 1.29. The fraction of sp³-hybridized carbons (Fsp3) is 0.0556. The van der Waals surface area contributed by atoms with Crippen LogP contribution < -0.4 is 0 Å². The lowest BCUT2D eigenvalue weighted by atomic mass is 10.1. The number of hydrogen-bond donors (Lipinski definition) is 0. The normalized spacial score (nSPS) is 10.7. The fourth-order valence-electron chi connectivity index (χ4n) is 2.09. The molecule has 1 radical (unpaired) electrons. The van der Waals surface area contributed by atoms with Crippen LogP contribution in [0.4, 0.5) is 0 Å². The van der Waals surface area contributed by atoms with Crippen LogP contribution in [0.15, 0.2) is 77.7 Å². The maximum atomic E-state index is 2.28. The first-order chi connectivity index (χ1) is 9.42. The van der Waals surface area contributed by atoms with Crippen molar-refractivity contribution in [1.82, 2.24) is 0 Å². The maximum Gasteiger partial charge on any atom is 0.00721 e. The van der Waals surface area contributed by atoms with Gasteiger partial charge < -0.3 is 0 Å². The highest BCUT2D eigenvalue weighted by Gasteiger charge is 1.98. The van der Waals surface area contributed by atoms with E-state index in [1.54, 1.807) is 0 Å². The van der Waals surface area contributed by atoms with Gasteiger partial charge >= 0.3 is 0 Å². The second-order valence-electron chi connectivity index (χ2n) is 4.43. The van der Waals surface area contributed by atoms with E-state index in [2.05, 4.69) is 79.2 Å². The summed E-state index contributed by atoms with van der Waals surface area (Å²) in [5.74, 6) is 1.00. The van der Waals surface area contributed by atoms with Gasteiger partial charge in [-0.25, -0.2) is 0 Å². The third-order valence-electron chi connectivity index (χ3n) is 3.09. The monoisotopic (exact) mass is 263 g/mol. The van der Waals surface area contributed by atoms with E-state index in [4.69, 9.17) is 0 Å². The third kappa shape index (κ3) is 3.18. The molecule has 3 rings (SSSR count). The molecule has 1 heteroatoms. The average molecular weight is 263 g/mol. The van der Waals surface area contributed by atoms with Crippen molar-refractivity contribution in [2.24, 2.45) is 0 Å². The molecule has 0 bridgehead atoms. The number of fused-ring (bicyclic) bond motifs is 1. The van der Waals surface area contributed by atoms with Gasteiger partial charge in [0.1, 0.15) is 0 Å². The first-order valence-electron chi connectivity index (χ1n) is 6.42. The molecular formula is C18H15S. The number of thioether (sulfide) groups is 1. The van der Waals surface area contributed by atoms with Gasteiger partial charge in [0.2, 0.25) is 0 Å². The molecule has 0 spiro atoms. The molecular weight excluding hydrogens is 248 g/mol. The van der Waals surface area contributed by atoms with E-state index in [1.807, 2.05) is 11.8 Å². The summed E-state index contributed by atoms with van der Waals surface area (Å²) in [6.45, 7) is 0. The summed E-state index contributed by atoms with van der Waals surface area (Å²) in [6, 6.07) is 25.6. The van der Waals surface area contributed by atoms with E-state index >= 15 is 0 Å². The van der Waals surface area contributed by atoms with E-state index in [1.165, 1.54) is 21.2 Å². The Balaban J connectivity index is 1.65. The van der Waals surface area contributed by atoms with Crippen LogP contribution in [0.3, 0.4) is 0 Å². The van der Waals surface area contributed by atoms with Crippen LogP contribution >= 0.6 is 11.8 Å². The minimum absolute atomic E-state index is 1.00. The maximum absolute atomic E-state index is 2.28. The fourth-order valence-corrected chi connectivity index (χ4v) is 2.90. The molecule has 0 N–H and O–H groups in total. The highest BCUT2D eigenvalue weighted by molar-refractivity contribution is 7.99. The SMILES string of the molecule is [CH](CSc1ccccc1)c1ccc2ccccc2c1. The van der Waals surface area contributed by atoms with Crippen LogP contribution in [0, 0.1) is 6.42 Å². The summed E-state index contributed by atoms with van der Waals surface area (Å²) in [5, 5.41) is 2.61. The molecule has 19 heavy (non-hydrogen) atoms. The molecule has 0 saturated carbocycles. The van der Waals surface area contributed by atoms with Crippen LogP contribution in [-0.4, -0.2) is 5.75 Å². The molecule has 93 valence electrons. The molecule has 0 nitrogen and oxygen atoms in total. The zero-order valence-corrected chi connectivity index (χ0v) is 11.4. The van der Waals surface area contributed by atoms with Crippen molar-refractivity contribution in [1.29, 1.82) is 0 Å². The average Bonchev–Trinajstić information content (AvgIpc) is 2.48. The molecule has 3 aromatic rings. The van der Waals surface area contributed by atoms with Crippen LogP contribution in [0.1, 0.15) is 5.56 Å². The van der Waals surface area contributed by atoms with Gasteiger partial charge in [-0.15, -0.1) is 11.8 Å². The van der Waals surface area contributed by atoms with Gasteiger partial charge in [-0.05, 0) is 28.5 Å². The molecule has 0 saturated heterocycles. The van der Waals surface area contributed by atoms with E-state index < -0.39 is 0 Å². The number of rotatable bonds is 4. The second kappa shape index (κ2) is 5.94. The van der Waals surface area contributed by atoms with Crippen molar-refractivity contribution in [3.63, 3.8) is 0 Å². The van der Waals surface area contributed by atoms with Crippen molar-refractivity contribution in [3.8, 4) is 0 Å². The highest BCUT2D eigenvalue weighted by Crippen LogP contribution is 2.21. The zero-order chi connectivity index (χ0) is 12.9. The molecule has 3 aromatic carbocycles. The van der Waals surface area contributed by atoms with Gasteiger partial charge in [0.15, 0.2) is 0 Å². The van der Waals surface area contributed by atoms with Crippen molar-refractivity contribution < 1.29 is 0 Å². The standard InChI is InChI=1S/C18H15S/c1-2-8-18(9-3-1)19-13-12-15-10-11-16-6-4-5-7-17(16)14-15/h1-12,14H,13H2. The van der Waals surface area contributed by atoms with Gasteiger partial charge in [-0.2, -0.15) is 0 Å². The Hall–Kier alpha value is -1.73. The Morgan fingerprint density at radius 3 is 2.32 bits per heavy atom. The highest BCUT2D eigenvalue weighted by atomic mass is 32.2. The summed E-state index contributed by atoms with van der Waals surface area (Å²) < 4.78 is 0. The lowest BCUT2D eigenvalue weighted by Crippen LogP contribution is -1.85. The van der Waals surface area contributed by atoms with Crippen LogP contribution in [0.2, 0.25) is 0 Å². The Morgan fingerprint density at radius 2 is 1.47 bits per heavy atom. The van der Waals surface area contributed by atoms with E-state index in [9.17, 15) is 0 Å². The zero-order valence-electron chi connectivity index (χ0n) is 10.6. The van der Waals surface area contributed by atoms with Crippen LogP contribution in [0.5, 0.6) is 0 Å². The number of hydrogen-bond acceptors (Lipinski definition) is 1. The minimum atomic E-state index is 1.00. The third-order valence-corrected chi connectivity index (χ3v) is 4.02. The second-order valence-corrected chi connectivity index (χ2v) is 5.53. The largest absolute Gasteiger partial charge is 0.126 e. The van der Waals surface area contributed by atoms with Gasteiger partial charge in [0, 0.05) is 17.1 Å². The molecule has 0 unspecified atom stereocenters. The first-order valence-corrected chi connectivity index (χ1v) is 7.40. The lowest BCUT2D eigenvalue weighted by Gasteiger charge is -2.04. The van der Waals surface area contributed by atoms with E-state index in [-0.39, 0.29) is 0 Å². The molecule has 0 atom stereocenters. The van der Waals surface area contributed by atoms with Crippen molar-refractivity contribution in [3.05, 3.63) is 84.8 Å². The van der Waals surface area contributed by atoms with Crippen LogP contribution in [-0.2, 0) is 0 Å². The van der Waals surface area contributed by atoms with E-state index in [0.717, 1.165) is 5.75 Å². The molecule has 0 heterocycles. The molecule has 0 amide bonds. The van der Waals surface area contributed by atoms with Gasteiger partial charge in [0.05, 0.1) is 0 Å². The predicted octanol–water partition coefficient (Wildman–Crippen LogP) is 5.18. The summed E-state index contributed by atoms with van der Waals surface area (Å²) >= 11 is 1.87. The van der Waals surface area contributed by atoms with Gasteiger partial charge in [-0.1, -0.05) is 60.7 Å². The Bertz CT molecular complexity index is 659. The number of benzene rings is 3. The molecule has 0 aliphatic rings. The van der Waals surface area contributed by atoms with Gasteiger partial charge in [0.25, 0.3) is 0 Å². The smallest absolute Gasteiger partial charge is 0.00721 e. The van der Waals surface area contributed by atoms with Crippen molar-refractivity contribution >= 4 is 22.5 Å². The van der Waals surface area contributed by atoms with E-state index in [0.29, 0.717) is 0 Å². The van der Waals surface area contributed by atoms with Crippen molar-refractivity contribution in [2.75, 3.05) is 5.75 Å². The molecule has 0 aliphatic heterocycles. The Morgan fingerprint density at radius 1 is 0.737 bits per heavy atom. The molecule has 0 aromatic heterocycles. The summed E-state index contributed by atoms with van der Waals surface area (Å²) in [6.07, 6.45) is 2.28.